The van der Waals surface area contributed by atoms with Crippen LogP contribution in [0.25, 0.3) is 0 Å². The van der Waals surface area contributed by atoms with Crippen LogP contribution in [0.4, 0.5) is 13.2 Å². The number of nitrogens with zero attached hydrogens (tertiary/aromatic N) is 3. The zero-order valence-electron chi connectivity index (χ0n) is 15.1. The Hall–Kier alpha value is -2.62. The second kappa shape index (κ2) is 6.77. The van der Waals surface area contributed by atoms with E-state index in [4.69, 9.17) is 4.74 Å². The van der Waals surface area contributed by atoms with Crippen molar-refractivity contribution >= 4 is 5.91 Å². The number of carbonyl (C=O) groups is 1. The van der Waals surface area contributed by atoms with Gasteiger partial charge >= 0.3 is 6.36 Å². The molecule has 28 heavy (non-hydrogen) atoms. The highest BCUT2D eigenvalue weighted by Crippen LogP contribution is 2.42. The van der Waals surface area contributed by atoms with Crippen LogP contribution in [-0.4, -0.2) is 33.6 Å². The van der Waals surface area contributed by atoms with Crippen LogP contribution in [0.2, 0.25) is 0 Å². The van der Waals surface area contributed by atoms with Crippen molar-refractivity contribution in [3.05, 3.63) is 41.5 Å². The molecule has 10 heteroatoms. The summed E-state index contributed by atoms with van der Waals surface area (Å²) in [5.41, 5.74) is -0.330. The van der Waals surface area contributed by atoms with Crippen LogP contribution < -0.4 is 10.1 Å². The minimum atomic E-state index is -4.74. The number of carbonyl (C=O) groups excluding carboxylic acids is 1. The first-order valence-electron chi connectivity index (χ1n) is 8.92. The van der Waals surface area contributed by atoms with Crippen molar-refractivity contribution in [2.45, 2.75) is 50.7 Å². The Balaban J connectivity index is 1.45. The van der Waals surface area contributed by atoms with E-state index in [1.54, 1.807) is 6.92 Å². The number of hydrogen-bond donors (Lipinski definition) is 1. The lowest BCUT2D eigenvalue weighted by Gasteiger charge is -2.35. The number of fused-ring (bicyclic) bond motifs is 1. The standard InChI is InChI=1S/C18H19F3N4O3/c1-17(10-27-9-14-23-24-15(25(14)17)12-4-5-12)16(26)22-8-11-2-6-13(7-3-11)28-18(19,20)21/h2-3,6-7,12H,4-5,8-10H2,1H3,(H,22,26). The van der Waals surface area contributed by atoms with E-state index >= 15 is 0 Å². The summed E-state index contributed by atoms with van der Waals surface area (Å²) >= 11 is 0. The Labute approximate surface area is 158 Å². The van der Waals surface area contributed by atoms with Crippen molar-refractivity contribution in [3.63, 3.8) is 0 Å². The van der Waals surface area contributed by atoms with Crippen LogP contribution in [0, 0.1) is 0 Å². The third-order valence-corrected chi connectivity index (χ3v) is 4.90. The van der Waals surface area contributed by atoms with Crippen LogP contribution in [-0.2, 0) is 28.2 Å². The normalized spacial score (nSPS) is 21.9. The van der Waals surface area contributed by atoms with Gasteiger partial charge in [0, 0.05) is 12.5 Å². The summed E-state index contributed by atoms with van der Waals surface area (Å²) in [4.78, 5) is 13.0. The summed E-state index contributed by atoms with van der Waals surface area (Å²) in [5, 5.41) is 11.2. The molecule has 1 aromatic carbocycles. The van der Waals surface area contributed by atoms with Gasteiger partial charge in [-0.2, -0.15) is 0 Å². The van der Waals surface area contributed by atoms with Crippen molar-refractivity contribution in [3.8, 4) is 5.75 Å². The monoisotopic (exact) mass is 396 g/mol. The van der Waals surface area contributed by atoms with Crippen molar-refractivity contribution in [2.24, 2.45) is 0 Å². The lowest BCUT2D eigenvalue weighted by Crippen LogP contribution is -2.52. The lowest BCUT2D eigenvalue weighted by molar-refractivity contribution is -0.274. The first-order valence-corrected chi connectivity index (χ1v) is 8.92. The molecule has 1 atom stereocenters. The average molecular weight is 396 g/mol. The Morgan fingerprint density at radius 2 is 2.04 bits per heavy atom. The third-order valence-electron chi connectivity index (χ3n) is 4.90. The van der Waals surface area contributed by atoms with E-state index in [1.165, 1.54) is 24.3 Å². The van der Waals surface area contributed by atoms with Gasteiger partial charge in [-0.25, -0.2) is 0 Å². The van der Waals surface area contributed by atoms with Crippen LogP contribution in [0.3, 0.4) is 0 Å². The summed E-state index contributed by atoms with van der Waals surface area (Å²) in [7, 11) is 0. The van der Waals surface area contributed by atoms with Crippen molar-refractivity contribution in [1.29, 1.82) is 0 Å². The first kappa shape index (κ1) is 18.7. The summed E-state index contributed by atoms with van der Waals surface area (Å²) in [6.07, 6.45) is -2.67. The molecule has 1 amide bonds. The van der Waals surface area contributed by atoms with E-state index in [1.807, 2.05) is 4.57 Å². The van der Waals surface area contributed by atoms with E-state index in [2.05, 4.69) is 20.3 Å². The van der Waals surface area contributed by atoms with E-state index < -0.39 is 11.9 Å². The number of amides is 1. The van der Waals surface area contributed by atoms with Gasteiger partial charge in [0.25, 0.3) is 0 Å². The zero-order valence-corrected chi connectivity index (χ0v) is 15.1. The largest absolute Gasteiger partial charge is 0.573 e. The van der Waals surface area contributed by atoms with Crippen LogP contribution in [0.1, 0.15) is 42.9 Å². The molecule has 2 aromatic rings. The molecular weight excluding hydrogens is 377 g/mol. The molecule has 150 valence electrons. The number of benzene rings is 1. The molecule has 1 aromatic heterocycles. The zero-order chi connectivity index (χ0) is 19.9. The molecule has 0 radical (unpaired) electrons. The quantitative estimate of drug-likeness (QED) is 0.841. The smallest absolute Gasteiger partial charge is 0.406 e. The molecule has 4 rings (SSSR count). The molecule has 1 aliphatic heterocycles. The van der Waals surface area contributed by atoms with E-state index in [-0.39, 0.29) is 24.8 Å². The molecule has 0 saturated heterocycles. The van der Waals surface area contributed by atoms with Gasteiger partial charge in [-0.15, -0.1) is 23.4 Å². The molecule has 0 bridgehead atoms. The maximum atomic E-state index is 13.0. The fourth-order valence-corrected chi connectivity index (χ4v) is 3.32. The molecule has 0 spiro atoms. The van der Waals surface area contributed by atoms with Crippen molar-refractivity contribution < 1.29 is 27.4 Å². The molecule has 1 N–H and O–H groups in total. The Morgan fingerprint density at radius 3 is 2.68 bits per heavy atom. The summed E-state index contributed by atoms with van der Waals surface area (Å²) in [6.45, 7) is 2.45. The highest BCUT2D eigenvalue weighted by molar-refractivity contribution is 5.84. The van der Waals surface area contributed by atoms with Gasteiger partial charge < -0.3 is 14.8 Å². The SMILES string of the molecule is CC1(C(=O)NCc2ccc(OC(F)(F)F)cc2)COCc2nnc(C3CC3)n21. The molecule has 1 unspecified atom stereocenters. The van der Waals surface area contributed by atoms with Gasteiger partial charge in [0.05, 0.1) is 6.61 Å². The first-order chi connectivity index (χ1) is 13.3. The van der Waals surface area contributed by atoms with Crippen molar-refractivity contribution in [2.75, 3.05) is 6.61 Å². The number of halogens is 3. The highest BCUT2D eigenvalue weighted by atomic mass is 19.4. The van der Waals surface area contributed by atoms with Gasteiger partial charge in [0.2, 0.25) is 5.91 Å². The second-order valence-electron chi connectivity index (χ2n) is 7.23. The van der Waals surface area contributed by atoms with E-state index in [0.29, 0.717) is 23.9 Å². The van der Waals surface area contributed by atoms with Crippen molar-refractivity contribution in [1.82, 2.24) is 20.1 Å². The number of ether oxygens (including phenoxy) is 2. The Kier molecular flexibility index (Phi) is 4.53. The minimum Gasteiger partial charge on any atom is -0.406 e. The predicted molar refractivity (Wildman–Crippen MR) is 90.3 cm³/mol. The average Bonchev–Trinajstić information content (AvgIpc) is 3.39. The lowest BCUT2D eigenvalue weighted by atomic mass is 9.99. The second-order valence-corrected chi connectivity index (χ2v) is 7.23. The number of aromatic nitrogens is 3. The highest BCUT2D eigenvalue weighted by Gasteiger charge is 2.45. The number of rotatable bonds is 5. The minimum absolute atomic E-state index is 0.164. The van der Waals surface area contributed by atoms with E-state index in [0.717, 1.165) is 18.7 Å². The molecule has 1 aliphatic carbocycles. The molecule has 2 aliphatic rings. The fraction of sp³-hybridized carbons (Fsp3) is 0.500. The third kappa shape index (κ3) is 3.68. The topological polar surface area (TPSA) is 78.3 Å². The maximum Gasteiger partial charge on any atom is 0.573 e. The molecule has 2 heterocycles. The Morgan fingerprint density at radius 1 is 1.32 bits per heavy atom. The van der Waals surface area contributed by atoms with Crippen LogP contribution in [0.5, 0.6) is 5.75 Å². The predicted octanol–water partition coefficient (Wildman–Crippen LogP) is 2.62. The summed E-state index contributed by atoms with van der Waals surface area (Å²) in [6, 6.07) is 5.37. The molecule has 1 fully saturated rings. The molecular formula is C18H19F3N4O3. The van der Waals surface area contributed by atoms with E-state index in [9.17, 15) is 18.0 Å². The Bertz CT molecular complexity index is 877. The summed E-state index contributed by atoms with van der Waals surface area (Å²) in [5.74, 6) is 1.20. The maximum absolute atomic E-state index is 13.0. The van der Waals surface area contributed by atoms with Crippen LogP contribution in [0.15, 0.2) is 24.3 Å². The van der Waals surface area contributed by atoms with Crippen LogP contribution >= 0.6 is 0 Å². The fourth-order valence-electron chi connectivity index (χ4n) is 3.32. The van der Waals surface area contributed by atoms with Gasteiger partial charge in [-0.05, 0) is 37.5 Å². The van der Waals surface area contributed by atoms with Gasteiger partial charge in [0.15, 0.2) is 5.82 Å². The number of hydrogen-bond acceptors (Lipinski definition) is 5. The van der Waals surface area contributed by atoms with Gasteiger partial charge in [-0.1, -0.05) is 12.1 Å². The molecule has 1 saturated carbocycles. The van der Waals surface area contributed by atoms with Gasteiger partial charge in [0.1, 0.15) is 23.7 Å². The molecule has 7 nitrogen and oxygen atoms in total. The van der Waals surface area contributed by atoms with Gasteiger partial charge in [-0.3, -0.25) is 9.36 Å². The number of nitrogens with one attached hydrogen (secondary N) is 1. The number of alkyl halides is 3. The summed E-state index contributed by atoms with van der Waals surface area (Å²) < 4.78 is 48.0.